The summed E-state index contributed by atoms with van der Waals surface area (Å²) in [7, 11) is 0. The number of aryl methyl sites for hydroxylation is 2. The van der Waals surface area contributed by atoms with E-state index in [4.69, 9.17) is 0 Å². The number of unbranched alkanes of at least 4 members (excludes halogenated alkanes) is 1. The van der Waals surface area contributed by atoms with Crippen LogP contribution in [0.2, 0.25) is 0 Å². The highest BCUT2D eigenvalue weighted by Gasteiger charge is 2.13. The molecule has 0 atom stereocenters. The smallest absolute Gasteiger partial charge is 0.274 e. The van der Waals surface area contributed by atoms with E-state index < -0.39 is 0 Å². The van der Waals surface area contributed by atoms with Crippen molar-refractivity contribution in [2.75, 3.05) is 0 Å². The Morgan fingerprint density at radius 1 is 0.968 bits per heavy atom. The van der Waals surface area contributed by atoms with Crippen LogP contribution in [0.5, 0.6) is 0 Å². The predicted octanol–water partition coefficient (Wildman–Crippen LogP) is 3.69. The Morgan fingerprint density at radius 2 is 1.77 bits per heavy atom. The van der Waals surface area contributed by atoms with Crippen LogP contribution in [-0.4, -0.2) is 35.0 Å². The molecule has 0 fully saturated rings. The summed E-state index contributed by atoms with van der Waals surface area (Å²) >= 11 is 0. The molecule has 8 heteroatoms. The van der Waals surface area contributed by atoms with E-state index in [1.54, 1.807) is 4.68 Å². The second-order valence-corrected chi connectivity index (χ2v) is 7.64. The molecular formula is C23H27N7O. The number of hydrogen-bond acceptors (Lipinski definition) is 5. The van der Waals surface area contributed by atoms with Gasteiger partial charge in [0.25, 0.3) is 0 Å². The van der Waals surface area contributed by atoms with Gasteiger partial charge >= 0.3 is 5.69 Å². The molecule has 0 saturated heterocycles. The Kier molecular flexibility index (Phi) is 6.35. The second-order valence-electron chi connectivity index (χ2n) is 7.64. The Balaban J connectivity index is 1.56. The number of nitrogens with zero attached hydrogens (tertiary/aromatic N) is 6. The average Bonchev–Trinajstić information content (AvgIpc) is 3.43. The Labute approximate surface area is 180 Å². The largest absolute Gasteiger partial charge is 0.346 e. The van der Waals surface area contributed by atoms with E-state index in [9.17, 15) is 4.79 Å². The fraction of sp³-hybridized carbons (Fsp3) is 0.348. The maximum atomic E-state index is 12.9. The lowest BCUT2D eigenvalue weighted by Gasteiger charge is -2.08. The topological polar surface area (TPSA) is 94.3 Å². The van der Waals surface area contributed by atoms with Gasteiger partial charge in [0.15, 0.2) is 5.82 Å². The van der Waals surface area contributed by atoms with E-state index in [-0.39, 0.29) is 5.69 Å². The van der Waals surface area contributed by atoms with Crippen molar-refractivity contribution in [1.82, 2.24) is 35.0 Å². The zero-order chi connectivity index (χ0) is 21.6. The molecule has 2 aromatic heterocycles. The molecule has 0 saturated carbocycles. The van der Waals surface area contributed by atoms with Crippen molar-refractivity contribution in [3.05, 3.63) is 70.4 Å². The summed E-state index contributed by atoms with van der Waals surface area (Å²) in [5.74, 6) is 1.50. The minimum atomic E-state index is -0.0191. The van der Waals surface area contributed by atoms with Gasteiger partial charge in [0.2, 0.25) is 0 Å². The lowest BCUT2D eigenvalue weighted by Crippen LogP contribution is -2.26. The number of aromatic nitrogens is 7. The third-order valence-corrected chi connectivity index (χ3v) is 5.31. The van der Waals surface area contributed by atoms with Crippen molar-refractivity contribution in [2.45, 2.75) is 52.6 Å². The van der Waals surface area contributed by atoms with E-state index in [0.717, 1.165) is 53.8 Å². The Morgan fingerprint density at radius 3 is 2.48 bits per heavy atom. The van der Waals surface area contributed by atoms with Crippen LogP contribution in [0.25, 0.3) is 22.5 Å². The molecule has 2 heterocycles. The highest BCUT2D eigenvalue weighted by molar-refractivity contribution is 5.70. The van der Waals surface area contributed by atoms with Crippen LogP contribution in [0, 0.1) is 0 Å². The van der Waals surface area contributed by atoms with Gasteiger partial charge in [-0.3, -0.25) is 4.57 Å². The number of H-pyrrole nitrogens is 1. The van der Waals surface area contributed by atoms with E-state index in [0.29, 0.717) is 18.9 Å². The SMILES string of the molecule is CCCCn1nc(CCC)n(Cc2ccc(-c3cccc(-c4nnn[nH]4)c3)cc2)c1=O. The summed E-state index contributed by atoms with van der Waals surface area (Å²) < 4.78 is 3.43. The highest BCUT2D eigenvalue weighted by atomic mass is 16.2. The first-order valence-corrected chi connectivity index (χ1v) is 10.8. The zero-order valence-corrected chi connectivity index (χ0v) is 18.0. The number of benzene rings is 2. The molecule has 0 unspecified atom stereocenters. The molecule has 0 radical (unpaired) electrons. The van der Waals surface area contributed by atoms with Crippen molar-refractivity contribution in [3.8, 4) is 22.5 Å². The molecule has 0 aliphatic carbocycles. The summed E-state index contributed by atoms with van der Waals surface area (Å²) in [5.41, 5.74) is 4.17. The van der Waals surface area contributed by atoms with E-state index in [1.807, 2.05) is 16.7 Å². The molecule has 4 rings (SSSR count). The maximum Gasteiger partial charge on any atom is 0.346 e. The summed E-state index contributed by atoms with van der Waals surface area (Å²) in [6.45, 7) is 5.44. The van der Waals surface area contributed by atoms with Crippen LogP contribution in [0.4, 0.5) is 0 Å². The lowest BCUT2D eigenvalue weighted by atomic mass is 10.0. The second kappa shape index (κ2) is 9.51. The first-order valence-electron chi connectivity index (χ1n) is 10.8. The molecular weight excluding hydrogens is 390 g/mol. The fourth-order valence-electron chi connectivity index (χ4n) is 3.62. The molecule has 0 bridgehead atoms. The zero-order valence-electron chi connectivity index (χ0n) is 18.0. The summed E-state index contributed by atoms with van der Waals surface area (Å²) in [4.78, 5) is 12.9. The Hall–Kier alpha value is -3.55. The standard InChI is InChI=1S/C23H27N7O/c1-3-5-14-30-23(31)29(21(26-30)7-4-2)16-17-10-12-18(13-11-17)19-8-6-9-20(15-19)22-24-27-28-25-22/h6,8-13,15H,3-5,7,14,16H2,1-2H3,(H,24,25,27,28). The molecule has 4 aromatic rings. The van der Waals surface area contributed by atoms with Crippen LogP contribution in [-0.2, 0) is 19.5 Å². The van der Waals surface area contributed by atoms with Crippen LogP contribution in [0.15, 0.2) is 53.3 Å². The fourth-order valence-corrected chi connectivity index (χ4v) is 3.62. The van der Waals surface area contributed by atoms with Gasteiger partial charge in [0.1, 0.15) is 5.82 Å². The van der Waals surface area contributed by atoms with Crippen LogP contribution < -0.4 is 5.69 Å². The van der Waals surface area contributed by atoms with Crippen molar-refractivity contribution < 1.29 is 0 Å². The van der Waals surface area contributed by atoms with E-state index >= 15 is 0 Å². The summed E-state index contributed by atoms with van der Waals surface area (Å²) in [6, 6.07) is 16.4. The number of nitrogens with one attached hydrogen (secondary N) is 1. The Bertz CT molecular complexity index is 1170. The van der Waals surface area contributed by atoms with Gasteiger partial charge in [-0.25, -0.2) is 14.6 Å². The molecule has 160 valence electrons. The van der Waals surface area contributed by atoms with E-state index in [1.165, 1.54) is 0 Å². The first kappa shape index (κ1) is 20.7. The van der Waals surface area contributed by atoms with Gasteiger partial charge in [0.05, 0.1) is 6.54 Å². The summed E-state index contributed by atoms with van der Waals surface area (Å²) in [5, 5.41) is 18.6. The van der Waals surface area contributed by atoms with Gasteiger partial charge < -0.3 is 0 Å². The molecule has 0 aliphatic rings. The molecule has 0 spiro atoms. The van der Waals surface area contributed by atoms with Crippen LogP contribution in [0.3, 0.4) is 0 Å². The van der Waals surface area contributed by atoms with Gasteiger partial charge in [0, 0.05) is 18.5 Å². The summed E-state index contributed by atoms with van der Waals surface area (Å²) in [6.07, 6.45) is 3.76. The van der Waals surface area contributed by atoms with Gasteiger partial charge in [-0.05, 0) is 46.0 Å². The van der Waals surface area contributed by atoms with Crippen molar-refractivity contribution in [2.24, 2.45) is 0 Å². The third kappa shape index (κ3) is 4.63. The molecule has 0 amide bonds. The average molecular weight is 418 g/mol. The monoisotopic (exact) mass is 417 g/mol. The van der Waals surface area contributed by atoms with Crippen LogP contribution >= 0.6 is 0 Å². The first-order chi connectivity index (χ1) is 15.2. The van der Waals surface area contributed by atoms with E-state index in [2.05, 4.69) is 76.0 Å². The highest BCUT2D eigenvalue weighted by Crippen LogP contribution is 2.24. The van der Waals surface area contributed by atoms with Gasteiger partial charge in [-0.2, -0.15) is 5.10 Å². The van der Waals surface area contributed by atoms with Gasteiger partial charge in [-0.15, -0.1) is 5.10 Å². The number of rotatable bonds is 9. The van der Waals surface area contributed by atoms with Gasteiger partial charge in [-0.1, -0.05) is 62.7 Å². The molecule has 31 heavy (non-hydrogen) atoms. The molecule has 1 N–H and O–H groups in total. The molecule has 0 aliphatic heterocycles. The number of aromatic amines is 1. The quantitative estimate of drug-likeness (QED) is 0.448. The van der Waals surface area contributed by atoms with Crippen molar-refractivity contribution in [3.63, 3.8) is 0 Å². The van der Waals surface area contributed by atoms with Crippen LogP contribution in [0.1, 0.15) is 44.5 Å². The minimum absolute atomic E-state index is 0.0191. The predicted molar refractivity (Wildman–Crippen MR) is 120 cm³/mol. The number of hydrogen-bond donors (Lipinski definition) is 1. The molecule has 8 nitrogen and oxygen atoms in total. The van der Waals surface area contributed by atoms with Crippen molar-refractivity contribution in [1.29, 1.82) is 0 Å². The normalized spacial score (nSPS) is 11.2. The number of tetrazole rings is 1. The third-order valence-electron chi connectivity index (χ3n) is 5.31. The minimum Gasteiger partial charge on any atom is -0.274 e. The maximum absolute atomic E-state index is 12.9. The van der Waals surface area contributed by atoms with Crippen molar-refractivity contribution >= 4 is 0 Å². The lowest BCUT2D eigenvalue weighted by molar-refractivity contribution is 0.544. The molecule has 2 aromatic carbocycles.